The van der Waals surface area contributed by atoms with Gasteiger partial charge in [0.25, 0.3) is 0 Å². The van der Waals surface area contributed by atoms with E-state index in [9.17, 15) is 9.59 Å². The van der Waals surface area contributed by atoms with Crippen LogP contribution in [0.25, 0.3) is 54.6 Å². The van der Waals surface area contributed by atoms with Crippen molar-refractivity contribution in [2.24, 2.45) is 0 Å². The zero-order chi connectivity index (χ0) is 23.9. The third-order valence-corrected chi connectivity index (χ3v) is 6.63. The molecule has 0 saturated carbocycles. The molecule has 0 aliphatic heterocycles. The standard InChI is InChI=1S/C32H22O3/c1-2-35-32(34)29-25-18-17-22(20-11-5-3-6-12-20)19-26-23-15-9-10-16-24(23)31(33)30(28(25)26)27(29)21-13-7-4-8-14-21/h3-19H,2H2,1H3. The molecule has 0 aromatic heterocycles. The summed E-state index contributed by atoms with van der Waals surface area (Å²) in [5, 5.41) is 4.57. The van der Waals surface area contributed by atoms with E-state index >= 15 is 0 Å². The van der Waals surface area contributed by atoms with Gasteiger partial charge < -0.3 is 4.74 Å². The van der Waals surface area contributed by atoms with Crippen molar-refractivity contribution in [3.05, 3.63) is 119 Å². The van der Waals surface area contributed by atoms with Gasteiger partial charge in [-0.2, -0.15) is 0 Å². The second kappa shape index (κ2) is 8.37. The summed E-state index contributed by atoms with van der Waals surface area (Å²) in [5.41, 5.74) is 3.93. The molecule has 0 bridgehead atoms. The first-order chi connectivity index (χ1) is 17.2. The molecule has 0 unspecified atom stereocenters. The van der Waals surface area contributed by atoms with E-state index in [1.165, 1.54) is 0 Å². The highest BCUT2D eigenvalue weighted by molar-refractivity contribution is 6.31. The average Bonchev–Trinajstić information content (AvgIpc) is 3.12. The molecule has 0 N–H and O–H groups in total. The molecule has 0 radical (unpaired) electrons. The Balaban J connectivity index is 1.89. The lowest BCUT2D eigenvalue weighted by Crippen LogP contribution is -2.06. The third-order valence-electron chi connectivity index (χ3n) is 6.63. The van der Waals surface area contributed by atoms with E-state index in [4.69, 9.17) is 4.74 Å². The van der Waals surface area contributed by atoms with E-state index in [-0.39, 0.29) is 12.0 Å². The van der Waals surface area contributed by atoms with Crippen molar-refractivity contribution in [3.63, 3.8) is 0 Å². The number of fused-ring (bicyclic) bond motifs is 2. The molecule has 0 amide bonds. The molecule has 168 valence electrons. The van der Waals surface area contributed by atoms with Gasteiger partial charge in [-0.1, -0.05) is 97.1 Å². The summed E-state index contributed by atoms with van der Waals surface area (Å²) in [6.45, 7) is 2.05. The van der Waals surface area contributed by atoms with Gasteiger partial charge in [0.1, 0.15) is 0 Å². The van der Waals surface area contributed by atoms with Gasteiger partial charge in [-0.25, -0.2) is 4.79 Å². The van der Waals surface area contributed by atoms with Crippen LogP contribution < -0.4 is 5.43 Å². The Bertz CT molecular complexity index is 1770. The van der Waals surface area contributed by atoms with E-state index in [1.807, 2.05) is 84.9 Å². The highest BCUT2D eigenvalue weighted by Crippen LogP contribution is 2.43. The Hall–Kier alpha value is -4.50. The maximum absolute atomic E-state index is 14.0. The van der Waals surface area contributed by atoms with Crippen molar-refractivity contribution in [3.8, 4) is 22.3 Å². The van der Waals surface area contributed by atoms with Crippen LogP contribution in [0.1, 0.15) is 17.3 Å². The normalized spacial score (nSPS) is 11.3. The monoisotopic (exact) mass is 454 g/mol. The maximum Gasteiger partial charge on any atom is 0.339 e. The van der Waals surface area contributed by atoms with Crippen LogP contribution in [-0.4, -0.2) is 12.6 Å². The van der Waals surface area contributed by atoms with Crippen molar-refractivity contribution in [2.45, 2.75) is 6.92 Å². The van der Waals surface area contributed by atoms with Crippen molar-refractivity contribution in [1.29, 1.82) is 0 Å². The van der Waals surface area contributed by atoms with E-state index in [0.717, 1.165) is 38.2 Å². The smallest absolute Gasteiger partial charge is 0.339 e. The van der Waals surface area contributed by atoms with Crippen LogP contribution >= 0.6 is 0 Å². The zero-order valence-corrected chi connectivity index (χ0v) is 19.2. The highest BCUT2D eigenvalue weighted by Gasteiger charge is 2.27. The molecule has 0 aliphatic rings. The van der Waals surface area contributed by atoms with Crippen LogP contribution in [-0.2, 0) is 4.74 Å². The van der Waals surface area contributed by atoms with Crippen molar-refractivity contribution in [2.75, 3.05) is 6.61 Å². The minimum atomic E-state index is -0.417. The SMILES string of the molecule is CCOC(=O)c1c(-c2ccccc2)c2c(=O)c3ccccc3c3cc(-c4ccccc4)ccc1c23. The summed E-state index contributed by atoms with van der Waals surface area (Å²) in [5.74, 6) is -0.417. The molecule has 3 nitrogen and oxygen atoms in total. The van der Waals surface area contributed by atoms with Crippen LogP contribution in [0, 0.1) is 0 Å². The lowest BCUT2D eigenvalue weighted by atomic mass is 9.96. The number of esters is 1. The van der Waals surface area contributed by atoms with Gasteiger partial charge in [0, 0.05) is 21.7 Å². The fourth-order valence-corrected chi connectivity index (χ4v) is 5.15. The molecule has 0 heterocycles. The van der Waals surface area contributed by atoms with Crippen molar-refractivity contribution in [1.82, 2.24) is 0 Å². The topological polar surface area (TPSA) is 43.4 Å². The Morgan fingerprint density at radius 3 is 1.94 bits per heavy atom. The predicted molar refractivity (Wildman–Crippen MR) is 143 cm³/mol. The fraction of sp³-hybridized carbons (Fsp3) is 0.0625. The summed E-state index contributed by atoms with van der Waals surface area (Å²) in [6, 6.07) is 33.6. The number of hydrogen-bond acceptors (Lipinski definition) is 3. The van der Waals surface area contributed by atoms with Crippen molar-refractivity contribution >= 4 is 38.3 Å². The highest BCUT2D eigenvalue weighted by atomic mass is 16.5. The first-order valence-corrected chi connectivity index (χ1v) is 11.7. The molecule has 0 atom stereocenters. The lowest BCUT2D eigenvalue weighted by Gasteiger charge is -2.07. The second-order valence-corrected chi connectivity index (χ2v) is 8.59. The van der Waals surface area contributed by atoms with Crippen LogP contribution in [0.15, 0.2) is 108 Å². The minimum Gasteiger partial charge on any atom is -0.462 e. The van der Waals surface area contributed by atoms with Crippen LogP contribution in [0.4, 0.5) is 0 Å². The van der Waals surface area contributed by atoms with Gasteiger partial charge in [0.2, 0.25) is 0 Å². The summed E-state index contributed by atoms with van der Waals surface area (Å²) >= 11 is 0. The number of rotatable bonds is 4. The largest absolute Gasteiger partial charge is 0.462 e. The quantitative estimate of drug-likeness (QED) is 0.260. The zero-order valence-electron chi connectivity index (χ0n) is 19.2. The van der Waals surface area contributed by atoms with Crippen LogP contribution in [0.5, 0.6) is 0 Å². The van der Waals surface area contributed by atoms with Gasteiger partial charge in [-0.05, 0) is 45.8 Å². The van der Waals surface area contributed by atoms with E-state index < -0.39 is 5.97 Å². The second-order valence-electron chi connectivity index (χ2n) is 8.59. The molecular weight excluding hydrogens is 432 g/mol. The molecule has 0 spiro atoms. The number of hydrogen-bond donors (Lipinski definition) is 0. The van der Waals surface area contributed by atoms with E-state index in [2.05, 4.69) is 18.2 Å². The number of carbonyl (C=O) groups is 1. The average molecular weight is 455 g/mol. The van der Waals surface area contributed by atoms with Crippen molar-refractivity contribution < 1.29 is 9.53 Å². The summed E-state index contributed by atoms with van der Waals surface area (Å²) in [6.07, 6.45) is 0. The Morgan fingerprint density at radius 2 is 1.26 bits per heavy atom. The maximum atomic E-state index is 14.0. The molecule has 0 fully saturated rings. The molecule has 6 aromatic carbocycles. The molecule has 6 aromatic rings. The number of carbonyl (C=O) groups excluding carboxylic acids is 1. The Labute approximate surface area is 202 Å². The summed E-state index contributed by atoms with van der Waals surface area (Å²) in [4.78, 5) is 27.4. The summed E-state index contributed by atoms with van der Waals surface area (Å²) < 4.78 is 5.52. The first-order valence-electron chi connectivity index (χ1n) is 11.7. The molecule has 0 saturated heterocycles. The minimum absolute atomic E-state index is 0.0695. The Kier molecular flexibility index (Phi) is 5.04. The molecule has 6 rings (SSSR count). The molecule has 3 heteroatoms. The van der Waals surface area contributed by atoms with Gasteiger partial charge in [0.15, 0.2) is 5.43 Å². The predicted octanol–water partition coefficient (Wildman–Crippen LogP) is 7.45. The summed E-state index contributed by atoms with van der Waals surface area (Å²) in [7, 11) is 0. The molecule has 0 aliphatic carbocycles. The lowest BCUT2D eigenvalue weighted by molar-refractivity contribution is 0.0530. The molecule has 35 heavy (non-hydrogen) atoms. The van der Waals surface area contributed by atoms with Crippen LogP contribution in [0.2, 0.25) is 0 Å². The number of ether oxygens (including phenoxy) is 1. The Morgan fingerprint density at radius 1 is 0.629 bits per heavy atom. The number of benzene rings is 4. The van der Waals surface area contributed by atoms with Gasteiger partial charge in [-0.3, -0.25) is 4.79 Å². The van der Waals surface area contributed by atoms with Crippen LogP contribution in [0.3, 0.4) is 0 Å². The van der Waals surface area contributed by atoms with E-state index in [0.29, 0.717) is 21.9 Å². The van der Waals surface area contributed by atoms with Gasteiger partial charge in [-0.15, -0.1) is 0 Å². The van der Waals surface area contributed by atoms with Gasteiger partial charge in [0.05, 0.1) is 12.2 Å². The molecular formula is C32H22O3. The first kappa shape index (κ1) is 21.1. The van der Waals surface area contributed by atoms with E-state index in [1.54, 1.807) is 6.92 Å². The third kappa shape index (κ3) is 3.28. The fourth-order valence-electron chi connectivity index (χ4n) is 5.15. The van der Waals surface area contributed by atoms with Gasteiger partial charge >= 0.3 is 5.97 Å².